The van der Waals surface area contributed by atoms with E-state index >= 15 is 0 Å². The lowest BCUT2D eigenvalue weighted by Gasteiger charge is -2.24. The second-order valence-corrected chi connectivity index (χ2v) is 11.6. The Morgan fingerprint density at radius 3 is 2.63 bits per heavy atom. The fourth-order valence-corrected chi connectivity index (χ4v) is 5.67. The molecule has 1 aromatic heterocycles. The largest absolute Gasteiger partial charge is 0.489 e. The summed E-state index contributed by atoms with van der Waals surface area (Å²) in [5.74, 6) is -1.43. The molecule has 2 aliphatic heterocycles. The van der Waals surface area contributed by atoms with Crippen LogP contribution < -0.4 is 14.8 Å². The third-order valence-corrected chi connectivity index (χ3v) is 7.35. The van der Waals surface area contributed by atoms with Crippen LogP contribution in [0.15, 0.2) is 29.3 Å². The molecule has 2 atom stereocenters. The Morgan fingerprint density at radius 2 is 1.97 bits per heavy atom. The van der Waals surface area contributed by atoms with E-state index in [1.807, 2.05) is 0 Å². The van der Waals surface area contributed by atoms with Crippen molar-refractivity contribution in [2.24, 2.45) is 13.0 Å². The number of carbonyl (C=O) groups excluding carboxylic acids is 2. The van der Waals surface area contributed by atoms with Gasteiger partial charge in [-0.3, -0.25) is 4.79 Å². The minimum Gasteiger partial charge on any atom is -0.489 e. The molecular formula is C23H29FN4O6S. The van der Waals surface area contributed by atoms with Crippen molar-refractivity contribution in [3.8, 4) is 5.75 Å². The summed E-state index contributed by atoms with van der Waals surface area (Å²) in [5.41, 5.74) is 0.0409. The second kappa shape index (κ2) is 8.83. The number of carbonyl (C=O) groups is 2. The van der Waals surface area contributed by atoms with Crippen molar-refractivity contribution in [3.05, 3.63) is 41.5 Å². The highest BCUT2D eigenvalue weighted by atomic mass is 32.2. The van der Waals surface area contributed by atoms with Crippen LogP contribution >= 0.6 is 0 Å². The molecule has 0 unspecified atom stereocenters. The number of nitrogens with zero attached hydrogens (tertiary/aromatic N) is 2. The quantitative estimate of drug-likeness (QED) is 0.644. The number of hydrogen-bond acceptors (Lipinski definition) is 6. The zero-order chi connectivity index (χ0) is 25.7. The van der Waals surface area contributed by atoms with Crippen LogP contribution in [0.5, 0.6) is 5.75 Å². The molecule has 2 aromatic rings. The van der Waals surface area contributed by atoms with Gasteiger partial charge in [0.1, 0.15) is 16.3 Å². The van der Waals surface area contributed by atoms with E-state index in [0.29, 0.717) is 11.3 Å². The molecule has 0 bridgehead atoms. The first kappa shape index (κ1) is 25.0. The first-order valence-corrected chi connectivity index (χ1v) is 12.6. The first-order valence-electron chi connectivity index (χ1n) is 11.1. The summed E-state index contributed by atoms with van der Waals surface area (Å²) < 4.78 is 55.4. The lowest BCUT2D eigenvalue weighted by atomic mass is 10.1. The van der Waals surface area contributed by atoms with E-state index < -0.39 is 39.5 Å². The number of ether oxygens (including phenoxy) is 2. The highest BCUT2D eigenvalue weighted by Gasteiger charge is 2.43. The number of likely N-dealkylation sites (tertiary alicyclic amines) is 1. The fourth-order valence-electron chi connectivity index (χ4n) is 4.19. The lowest BCUT2D eigenvalue weighted by molar-refractivity contribution is 0.0283. The van der Waals surface area contributed by atoms with Crippen LogP contribution in [-0.2, 0) is 21.8 Å². The fraction of sp³-hybridized carbons (Fsp3) is 0.478. The first-order chi connectivity index (χ1) is 16.2. The van der Waals surface area contributed by atoms with Gasteiger partial charge in [0.15, 0.2) is 11.4 Å². The Hall–Kier alpha value is -3.12. The van der Waals surface area contributed by atoms with Crippen molar-refractivity contribution in [3.63, 3.8) is 0 Å². The van der Waals surface area contributed by atoms with Crippen molar-refractivity contribution in [2.75, 3.05) is 25.0 Å². The number of benzene rings is 1. The lowest BCUT2D eigenvalue weighted by Crippen LogP contribution is -2.44. The summed E-state index contributed by atoms with van der Waals surface area (Å²) in [4.78, 5) is 26.9. The second-order valence-electron chi connectivity index (χ2n) is 9.88. The Bertz CT molecular complexity index is 1280. The van der Waals surface area contributed by atoms with Gasteiger partial charge in [-0.1, -0.05) is 0 Å². The van der Waals surface area contributed by atoms with E-state index in [0.717, 1.165) is 0 Å². The van der Waals surface area contributed by atoms with Crippen molar-refractivity contribution in [2.45, 2.75) is 44.2 Å². The van der Waals surface area contributed by atoms with Crippen molar-refractivity contribution >= 4 is 27.7 Å². The summed E-state index contributed by atoms with van der Waals surface area (Å²) in [5, 5.41) is 2.67. The van der Waals surface area contributed by atoms with Gasteiger partial charge in [-0.25, -0.2) is 22.3 Å². The number of hydrogen-bond donors (Lipinski definition) is 2. The van der Waals surface area contributed by atoms with Gasteiger partial charge in [-0.05, 0) is 51.5 Å². The predicted octanol–water partition coefficient (Wildman–Crippen LogP) is 2.63. The van der Waals surface area contributed by atoms with Crippen LogP contribution in [0.1, 0.15) is 36.8 Å². The molecule has 0 aliphatic carbocycles. The van der Waals surface area contributed by atoms with Gasteiger partial charge < -0.3 is 24.3 Å². The summed E-state index contributed by atoms with van der Waals surface area (Å²) in [6.45, 7) is 7.30. The number of sulfonamides is 1. The molecule has 190 valence electrons. The van der Waals surface area contributed by atoms with Crippen LogP contribution in [0.2, 0.25) is 0 Å². The molecule has 3 heterocycles. The molecule has 0 saturated carbocycles. The van der Waals surface area contributed by atoms with E-state index in [1.54, 1.807) is 34.7 Å². The smallest absolute Gasteiger partial charge is 0.410 e. The molecule has 1 saturated heterocycles. The molecule has 35 heavy (non-hydrogen) atoms. The van der Waals surface area contributed by atoms with Gasteiger partial charge in [-0.2, -0.15) is 0 Å². The SMILES string of the molecule is Cc1cc(NC(=O)c2c3c(cn2C)S(=O)(=O)N[C@H]2CN(C(=O)OC(C)(C)C)C[C@@H]2CO3)ccc1F. The molecule has 0 spiro atoms. The number of halogens is 1. The van der Waals surface area contributed by atoms with E-state index in [4.69, 9.17) is 9.47 Å². The van der Waals surface area contributed by atoms with Gasteiger partial charge in [0.05, 0.1) is 6.61 Å². The summed E-state index contributed by atoms with van der Waals surface area (Å²) >= 11 is 0. The van der Waals surface area contributed by atoms with Crippen molar-refractivity contribution in [1.29, 1.82) is 0 Å². The standard InChI is InChI=1S/C23H29FN4O6S/c1-13-8-15(6-7-16(13)24)25-21(29)19-20-18(11-27(19)5)35(31,32)26-17-10-28(9-14(17)12-33-20)22(30)34-23(2,3)4/h6-8,11,14,17,26H,9-10,12H2,1-5H3,(H,25,29)/t14-,17+/m1/s1. The number of fused-ring (bicyclic) bond motifs is 2. The molecule has 1 aromatic carbocycles. The minimum absolute atomic E-state index is 0.00722. The molecule has 1 fully saturated rings. The molecule has 0 radical (unpaired) electrons. The van der Waals surface area contributed by atoms with Gasteiger partial charge in [0, 0.05) is 44.0 Å². The highest BCUT2D eigenvalue weighted by Crippen LogP contribution is 2.35. The van der Waals surface area contributed by atoms with Crippen molar-refractivity contribution in [1.82, 2.24) is 14.2 Å². The van der Waals surface area contributed by atoms with E-state index in [2.05, 4.69) is 10.0 Å². The van der Waals surface area contributed by atoms with E-state index in [-0.39, 0.29) is 42.0 Å². The van der Waals surface area contributed by atoms with E-state index in [1.165, 1.54) is 33.9 Å². The zero-order valence-corrected chi connectivity index (χ0v) is 21.0. The van der Waals surface area contributed by atoms with E-state index in [9.17, 15) is 22.4 Å². The number of aryl methyl sites for hydroxylation is 2. The number of aromatic nitrogens is 1. The van der Waals surface area contributed by atoms with Crippen molar-refractivity contribution < 1.29 is 31.9 Å². The number of anilines is 1. The third-order valence-electron chi connectivity index (χ3n) is 5.86. The molecule has 12 heteroatoms. The molecule has 10 nitrogen and oxygen atoms in total. The summed E-state index contributed by atoms with van der Waals surface area (Å²) in [6, 6.07) is 3.57. The normalized spacial score (nSPS) is 21.3. The van der Waals surface area contributed by atoms with Crippen LogP contribution in [0.4, 0.5) is 14.9 Å². The topological polar surface area (TPSA) is 119 Å². The molecule has 2 aliphatic rings. The maximum atomic E-state index is 13.6. The van der Waals surface area contributed by atoms with Crippen LogP contribution in [0.25, 0.3) is 0 Å². The minimum atomic E-state index is -4.06. The molecule has 4 rings (SSSR count). The van der Waals surface area contributed by atoms with Crippen LogP contribution in [0, 0.1) is 18.7 Å². The maximum absolute atomic E-state index is 13.6. The average Bonchev–Trinajstić information content (AvgIpc) is 3.27. The Labute approximate surface area is 203 Å². The Kier molecular flexibility index (Phi) is 6.30. The Morgan fingerprint density at radius 1 is 1.26 bits per heavy atom. The predicted molar refractivity (Wildman–Crippen MR) is 125 cm³/mol. The highest BCUT2D eigenvalue weighted by molar-refractivity contribution is 7.89. The third kappa shape index (κ3) is 5.13. The number of amides is 2. The zero-order valence-electron chi connectivity index (χ0n) is 20.2. The van der Waals surface area contributed by atoms with Crippen LogP contribution in [-0.4, -0.2) is 61.2 Å². The van der Waals surface area contributed by atoms with Crippen LogP contribution in [0.3, 0.4) is 0 Å². The average molecular weight is 509 g/mol. The molecule has 2 N–H and O–H groups in total. The molecular weight excluding hydrogens is 479 g/mol. The monoisotopic (exact) mass is 508 g/mol. The summed E-state index contributed by atoms with van der Waals surface area (Å²) in [7, 11) is -2.52. The summed E-state index contributed by atoms with van der Waals surface area (Å²) in [6.07, 6.45) is 0.778. The number of nitrogens with one attached hydrogen (secondary N) is 2. The van der Waals surface area contributed by atoms with Gasteiger partial charge in [0.2, 0.25) is 10.0 Å². The van der Waals surface area contributed by atoms with Gasteiger partial charge in [-0.15, -0.1) is 0 Å². The van der Waals surface area contributed by atoms with Gasteiger partial charge in [0.25, 0.3) is 5.91 Å². The number of rotatable bonds is 2. The van der Waals surface area contributed by atoms with Gasteiger partial charge >= 0.3 is 6.09 Å². The molecule has 2 amide bonds. The maximum Gasteiger partial charge on any atom is 0.410 e. The Balaban J connectivity index is 1.59.